The summed E-state index contributed by atoms with van der Waals surface area (Å²) in [5.41, 5.74) is 0.428. The van der Waals surface area contributed by atoms with Crippen LogP contribution in [0.2, 0.25) is 10.0 Å². The van der Waals surface area contributed by atoms with Gasteiger partial charge in [0, 0.05) is 31.2 Å². The molecule has 0 aliphatic carbocycles. The molecule has 20 heavy (non-hydrogen) atoms. The van der Waals surface area contributed by atoms with Crippen LogP contribution >= 0.6 is 30.8 Å². The Morgan fingerprint density at radius 3 is 2.25 bits per heavy atom. The zero-order valence-electron chi connectivity index (χ0n) is 10.5. The highest BCUT2D eigenvalue weighted by Gasteiger charge is 2.49. The molecule has 9 heteroatoms. The molecule has 2 aliphatic rings. The molecule has 108 valence electrons. The number of rotatable bonds is 4. The van der Waals surface area contributed by atoms with Crippen molar-refractivity contribution < 1.29 is 9.36 Å². The third kappa shape index (κ3) is 2.95. The predicted molar refractivity (Wildman–Crippen MR) is 79.4 cm³/mol. The van der Waals surface area contributed by atoms with Crippen LogP contribution in [0, 0.1) is 0 Å². The van der Waals surface area contributed by atoms with Crippen LogP contribution in [-0.2, 0) is 4.57 Å². The van der Waals surface area contributed by atoms with Gasteiger partial charge in [-0.05, 0) is 18.2 Å². The molecule has 2 aliphatic heterocycles. The molecule has 0 saturated carbocycles. The summed E-state index contributed by atoms with van der Waals surface area (Å²) in [5.74, 6) is 0. The summed E-state index contributed by atoms with van der Waals surface area (Å²) >= 11 is 11.8. The van der Waals surface area contributed by atoms with E-state index in [1.54, 1.807) is 21.5 Å². The summed E-state index contributed by atoms with van der Waals surface area (Å²) in [6, 6.07) is 4.23. The van der Waals surface area contributed by atoms with Crippen molar-refractivity contribution in [1.29, 1.82) is 0 Å². The van der Waals surface area contributed by atoms with Gasteiger partial charge in [-0.3, -0.25) is 9.65 Å². The number of carbonyl (C=O) groups is 1. The lowest BCUT2D eigenvalue weighted by molar-refractivity contribution is 0.255. The van der Waals surface area contributed by atoms with Gasteiger partial charge in [-0.15, -0.1) is 0 Å². The van der Waals surface area contributed by atoms with Gasteiger partial charge < -0.3 is 5.32 Å². The Kier molecular flexibility index (Phi) is 3.69. The van der Waals surface area contributed by atoms with Gasteiger partial charge in [0.1, 0.15) is 0 Å². The number of hydrogen-bond donors (Lipinski definition) is 2. The Morgan fingerprint density at radius 1 is 1.15 bits per heavy atom. The van der Waals surface area contributed by atoms with E-state index in [1.807, 2.05) is 0 Å². The Labute approximate surface area is 126 Å². The predicted octanol–water partition coefficient (Wildman–Crippen LogP) is 2.85. The molecule has 0 spiro atoms. The average Bonchev–Trinajstić information content (AvgIpc) is 3.26. The average molecular weight is 335 g/mol. The zero-order valence-corrected chi connectivity index (χ0v) is 12.9. The van der Waals surface area contributed by atoms with Crippen molar-refractivity contribution in [3.63, 3.8) is 0 Å². The highest BCUT2D eigenvalue weighted by molar-refractivity contribution is 7.58. The molecule has 2 saturated heterocycles. The largest absolute Gasteiger partial charge is 0.326 e. The number of hydrogen-bond acceptors (Lipinski definition) is 2. The summed E-state index contributed by atoms with van der Waals surface area (Å²) in [7, 11) is -2.92. The molecule has 3 rings (SSSR count). The van der Waals surface area contributed by atoms with Crippen molar-refractivity contribution in [2.45, 2.75) is 0 Å². The molecule has 2 N–H and O–H groups in total. The number of nitrogens with one attached hydrogen (secondary N) is 2. The first-order valence-electron chi connectivity index (χ1n) is 6.14. The summed E-state index contributed by atoms with van der Waals surface area (Å²) in [6.07, 6.45) is 0. The topological polar surface area (TPSA) is 64.2 Å². The second kappa shape index (κ2) is 5.20. The maximum Gasteiger partial charge on any atom is 0.326 e. The number of carbonyl (C=O) groups excluding carboxylic acids is 1. The van der Waals surface area contributed by atoms with E-state index in [0.717, 1.165) is 26.2 Å². The molecule has 1 aromatic carbocycles. The molecule has 0 aromatic heterocycles. The minimum atomic E-state index is -2.92. The summed E-state index contributed by atoms with van der Waals surface area (Å²) in [6.45, 7) is 2.98. The van der Waals surface area contributed by atoms with Gasteiger partial charge in [0.2, 0.25) is 0 Å². The number of anilines is 1. The normalized spacial score (nSPS) is 18.7. The van der Waals surface area contributed by atoms with E-state index in [0.29, 0.717) is 15.7 Å². The van der Waals surface area contributed by atoms with Crippen molar-refractivity contribution >= 4 is 42.5 Å². The van der Waals surface area contributed by atoms with E-state index < -0.39 is 13.6 Å². The number of halogens is 2. The van der Waals surface area contributed by atoms with Gasteiger partial charge in [-0.25, -0.2) is 14.1 Å². The standard InChI is InChI=1S/C11H13Cl2N4O2P/c12-8-1-2-10(9(13)7-8)14-11(18)15-20(19,16-3-4-16)17-5-6-17/h1-2,7H,3-6H2,(H2,14,15,18,19). The van der Waals surface area contributed by atoms with Crippen molar-refractivity contribution in [2.75, 3.05) is 31.5 Å². The van der Waals surface area contributed by atoms with Crippen LogP contribution in [0.25, 0.3) is 0 Å². The van der Waals surface area contributed by atoms with Crippen molar-refractivity contribution in [2.24, 2.45) is 0 Å². The van der Waals surface area contributed by atoms with Gasteiger partial charge >= 0.3 is 13.6 Å². The first kappa shape index (κ1) is 14.2. The Bertz CT molecular complexity index is 588. The van der Waals surface area contributed by atoms with Crippen LogP contribution < -0.4 is 10.4 Å². The third-order valence-corrected chi connectivity index (χ3v) is 6.42. The maximum absolute atomic E-state index is 12.7. The SMILES string of the molecule is O=C(Nc1ccc(Cl)cc1Cl)NP(=O)(N1CC1)N1CC1. The number of urea groups is 1. The highest BCUT2D eigenvalue weighted by Crippen LogP contribution is 2.56. The molecular formula is C11H13Cl2N4O2P. The summed E-state index contributed by atoms with van der Waals surface area (Å²) in [4.78, 5) is 12.0. The fourth-order valence-corrected chi connectivity index (χ4v) is 4.51. The van der Waals surface area contributed by atoms with Crippen molar-refractivity contribution in [3.05, 3.63) is 28.2 Å². The van der Waals surface area contributed by atoms with E-state index in [1.165, 1.54) is 6.07 Å². The Balaban J connectivity index is 1.68. The van der Waals surface area contributed by atoms with Gasteiger partial charge in [0.25, 0.3) is 0 Å². The minimum Gasteiger partial charge on any atom is -0.306 e. The molecule has 0 unspecified atom stereocenters. The fourth-order valence-electron chi connectivity index (χ4n) is 1.83. The first-order valence-corrected chi connectivity index (χ1v) is 8.51. The fraction of sp³-hybridized carbons (Fsp3) is 0.364. The van der Waals surface area contributed by atoms with Crippen LogP contribution in [0.3, 0.4) is 0 Å². The zero-order chi connectivity index (χ0) is 14.3. The van der Waals surface area contributed by atoms with E-state index in [2.05, 4.69) is 10.4 Å². The van der Waals surface area contributed by atoms with Crippen molar-refractivity contribution in [3.8, 4) is 0 Å². The molecule has 2 amide bonds. The highest BCUT2D eigenvalue weighted by atomic mass is 35.5. The molecule has 2 fully saturated rings. The molecule has 0 atom stereocenters. The molecule has 0 radical (unpaired) electrons. The van der Waals surface area contributed by atoms with Crippen LogP contribution in [0.5, 0.6) is 0 Å². The molecular weight excluding hydrogens is 322 g/mol. The monoisotopic (exact) mass is 334 g/mol. The van der Waals surface area contributed by atoms with Gasteiger partial charge in [0.15, 0.2) is 0 Å². The van der Waals surface area contributed by atoms with E-state index in [4.69, 9.17) is 23.2 Å². The lowest BCUT2D eigenvalue weighted by Gasteiger charge is -2.21. The number of benzene rings is 1. The maximum atomic E-state index is 12.7. The Morgan fingerprint density at radius 2 is 1.75 bits per heavy atom. The van der Waals surface area contributed by atoms with E-state index in [9.17, 15) is 9.36 Å². The molecule has 0 bridgehead atoms. The second-order valence-corrected chi connectivity index (χ2v) is 7.93. The molecule has 2 heterocycles. The lowest BCUT2D eigenvalue weighted by Crippen LogP contribution is -2.31. The minimum absolute atomic E-state index is 0.334. The van der Waals surface area contributed by atoms with E-state index in [-0.39, 0.29) is 0 Å². The molecule has 1 aromatic rings. The van der Waals surface area contributed by atoms with Gasteiger partial charge in [-0.1, -0.05) is 23.2 Å². The van der Waals surface area contributed by atoms with Crippen molar-refractivity contribution in [1.82, 2.24) is 14.4 Å². The lowest BCUT2D eigenvalue weighted by atomic mass is 10.3. The summed E-state index contributed by atoms with van der Waals surface area (Å²) in [5, 5.41) is 5.99. The smallest absolute Gasteiger partial charge is 0.306 e. The van der Waals surface area contributed by atoms with Crippen LogP contribution in [-0.4, -0.2) is 41.6 Å². The van der Waals surface area contributed by atoms with Crippen LogP contribution in [0.15, 0.2) is 18.2 Å². The second-order valence-electron chi connectivity index (χ2n) is 4.64. The Hall–Kier alpha value is -0.780. The first-order chi connectivity index (χ1) is 9.49. The van der Waals surface area contributed by atoms with Gasteiger partial charge in [-0.2, -0.15) is 0 Å². The van der Waals surface area contributed by atoms with E-state index >= 15 is 0 Å². The van der Waals surface area contributed by atoms with Crippen LogP contribution in [0.1, 0.15) is 0 Å². The molecule has 6 nitrogen and oxygen atoms in total. The number of amides is 2. The quantitative estimate of drug-likeness (QED) is 0.656. The van der Waals surface area contributed by atoms with Crippen LogP contribution in [0.4, 0.5) is 10.5 Å². The third-order valence-electron chi connectivity index (χ3n) is 3.04. The number of nitrogens with zero attached hydrogens (tertiary/aromatic N) is 2. The summed E-state index contributed by atoms with van der Waals surface area (Å²) < 4.78 is 16.2. The van der Waals surface area contributed by atoms with Gasteiger partial charge in [0.05, 0.1) is 10.7 Å².